The van der Waals surface area contributed by atoms with Gasteiger partial charge >= 0.3 is 0 Å². The van der Waals surface area contributed by atoms with Crippen molar-refractivity contribution in [3.05, 3.63) is 106 Å². The van der Waals surface area contributed by atoms with Gasteiger partial charge < -0.3 is 14.7 Å². The second-order valence-corrected chi connectivity index (χ2v) is 10.3. The number of sulfone groups is 1. The molecule has 1 amide bonds. The molecule has 0 fully saturated rings. The van der Waals surface area contributed by atoms with Crippen LogP contribution in [0.5, 0.6) is 5.75 Å². The number of rotatable bonds is 7. The Morgan fingerprint density at radius 2 is 1.44 bits per heavy atom. The molecule has 176 valence electrons. The molecule has 1 heterocycles. The monoisotopic (exact) mass is 477 g/mol. The van der Waals surface area contributed by atoms with Crippen LogP contribution in [0.4, 0.5) is 0 Å². The van der Waals surface area contributed by atoms with Crippen molar-refractivity contribution >= 4 is 15.7 Å². The van der Waals surface area contributed by atoms with E-state index in [-0.39, 0.29) is 16.3 Å². The Labute approximate surface area is 200 Å². The lowest BCUT2D eigenvalue weighted by Gasteiger charge is -2.27. The van der Waals surface area contributed by atoms with E-state index in [0.29, 0.717) is 17.9 Å². The van der Waals surface area contributed by atoms with Crippen molar-refractivity contribution in [3.8, 4) is 5.75 Å². The first kappa shape index (κ1) is 23.6. The van der Waals surface area contributed by atoms with Crippen molar-refractivity contribution in [1.29, 1.82) is 0 Å². The summed E-state index contributed by atoms with van der Waals surface area (Å²) < 4.78 is 32.9. The molecule has 1 aliphatic rings. The van der Waals surface area contributed by atoms with Crippen molar-refractivity contribution in [2.75, 3.05) is 6.61 Å². The van der Waals surface area contributed by atoms with Gasteiger partial charge in [0.05, 0.1) is 17.5 Å². The van der Waals surface area contributed by atoms with Gasteiger partial charge in [-0.2, -0.15) is 0 Å². The lowest BCUT2D eigenvalue weighted by atomic mass is 10.1. The van der Waals surface area contributed by atoms with Crippen molar-refractivity contribution in [2.45, 2.75) is 38.3 Å². The minimum atomic E-state index is -4.15. The molecule has 0 bridgehead atoms. The number of carbonyl (C=O) groups excluding carboxylic acids is 1. The zero-order chi connectivity index (χ0) is 24.5. The van der Waals surface area contributed by atoms with Crippen LogP contribution in [-0.2, 0) is 21.2 Å². The first-order chi connectivity index (χ1) is 16.2. The average Bonchev–Trinajstić information content (AvgIpc) is 3.07. The molecule has 1 atom stereocenters. The average molecular weight is 478 g/mol. The van der Waals surface area contributed by atoms with Gasteiger partial charge in [-0.1, -0.05) is 59.7 Å². The molecule has 0 aliphatic carbocycles. The van der Waals surface area contributed by atoms with E-state index in [1.807, 2.05) is 45.0 Å². The van der Waals surface area contributed by atoms with Gasteiger partial charge in [0.1, 0.15) is 10.7 Å². The van der Waals surface area contributed by atoms with E-state index >= 15 is 0 Å². The lowest BCUT2D eigenvalue weighted by molar-refractivity contribution is -0.130. The zero-order valence-electron chi connectivity index (χ0n) is 19.4. The number of nitrogens with zero attached hydrogens (tertiary/aromatic N) is 1. The van der Waals surface area contributed by atoms with Crippen molar-refractivity contribution in [3.63, 3.8) is 0 Å². The highest BCUT2D eigenvalue weighted by Crippen LogP contribution is 2.43. The van der Waals surface area contributed by atoms with Crippen molar-refractivity contribution < 1.29 is 23.1 Å². The third kappa shape index (κ3) is 4.43. The van der Waals surface area contributed by atoms with Crippen LogP contribution in [0.2, 0.25) is 0 Å². The molecule has 4 rings (SSSR count). The van der Waals surface area contributed by atoms with E-state index in [0.717, 1.165) is 16.7 Å². The van der Waals surface area contributed by atoms with Crippen LogP contribution in [0.25, 0.3) is 0 Å². The van der Waals surface area contributed by atoms with Gasteiger partial charge in [0.25, 0.3) is 5.91 Å². The Hall–Kier alpha value is -3.58. The third-order valence-corrected chi connectivity index (χ3v) is 7.75. The maximum Gasteiger partial charge on any atom is 0.290 e. The summed E-state index contributed by atoms with van der Waals surface area (Å²) in [6.07, 6.45) is 0. The Balaban J connectivity index is 1.82. The maximum absolute atomic E-state index is 13.7. The third-order valence-electron chi connectivity index (χ3n) is 5.86. The lowest BCUT2D eigenvalue weighted by Crippen LogP contribution is -2.30. The summed E-state index contributed by atoms with van der Waals surface area (Å²) in [5.41, 5.74) is 3.38. The SMILES string of the molecule is CCOc1ccc([C@H]2C(S(=O)(=O)c3ccc(C)cc3)=C(O)C(=O)N2Cc2ccc(C)cc2)cc1. The van der Waals surface area contributed by atoms with E-state index in [1.165, 1.54) is 17.0 Å². The first-order valence-corrected chi connectivity index (χ1v) is 12.5. The van der Waals surface area contributed by atoms with E-state index in [9.17, 15) is 18.3 Å². The molecular weight excluding hydrogens is 450 g/mol. The van der Waals surface area contributed by atoms with Gasteiger partial charge in [0, 0.05) is 6.54 Å². The topological polar surface area (TPSA) is 83.9 Å². The fourth-order valence-corrected chi connectivity index (χ4v) is 5.69. The van der Waals surface area contributed by atoms with Crippen LogP contribution >= 0.6 is 0 Å². The van der Waals surface area contributed by atoms with E-state index in [2.05, 4.69) is 0 Å². The minimum absolute atomic E-state index is 0.0283. The van der Waals surface area contributed by atoms with E-state index in [4.69, 9.17) is 4.74 Å². The summed E-state index contributed by atoms with van der Waals surface area (Å²) >= 11 is 0. The summed E-state index contributed by atoms with van der Waals surface area (Å²) in [7, 11) is -4.15. The highest BCUT2D eigenvalue weighted by atomic mass is 32.2. The number of benzene rings is 3. The second kappa shape index (κ2) is 9.35. The predicted molar refractivity (Wildman–Crippen MR) is 130 cm³/mol. The van der Waals surface area contributed by atoms with E-state index < -0.39 is 27.5 Å². The highest BCUT2D eigenvalue weighted by molar-refractivity contribution is 7.95. The second-order valence-electron chi connectivity index (χ2n) is 8.35. The number of aryl methyl sites for hydroxylation is 2. The van der Waals surface area contributed by atoms with Gasteiger partial charge in [-0.3, -0.25) is 4.79 Å². The fourth-order valence-electron chi connectivity index (χ4n) is 4.05. The summed E-state index contributed by atoms with van der Waals surface area (Å²) in [5.74, 6) is -0.825. The molecule has 6 nitrogen and oxygen atoms in total. The number of ether oxygens (including phenoxy) is 1. The molecular formula is C27H27NO5S. The molecule has 0 saturated carbocycles. The fraction of sp³-hybridized carbons (Fsp3) is 0.222. The van der Waals surface area contributed by atoms with Crippen LogP contribution in [0, 0.1) is 13.8 Å². The Morgan fingerprint density at radius 3 is 2.00 bits per heavy atom. The van der Waals surface area contributed by atoms with Gasteiger partial charge in [0.2, 0.25) is 9.84 Å². The number of amides is 1. The highest BCUT2D eigenvalue weighted by Gasteiger charge is 2.46. The van der Waals surface area contributed by atoms with Gasteiger partial charge in [0.15, 0.2) is 5.76 Å². The van der Waals surface area contributed by atoms with Crippen LogP contribution in [0.1, 0.15) is 35.2 Å². The van der Waals surface area contributed by atoms with Crippen molar-refractivity contribution in [1.82, 2.24) is 4.90 Å². The number of aliphatic hydroxyl groups excluding tert-OH is 1. The molecule has 1 aliphatic heterocycles. The Bertz CT molecular complexity index is 1330. The van der Waals surface area contributed by atoms with Gasteiger partial charge in [-0.05, 0) is 56.2 Å². The summed E-state index contributed by atoms with van der Waals surface area (Å²) in [4.78, 5) is 14.3. The number of hydrogen-bond acceptors (Lipinski definition) is 5. The number of carbonyl (C=O) groups is 1. The summed E-state index contributed by atoms with van der Waals surface area (Å²) in [5, 5.41) is 10.9. The summed E-state index contributed by atoms with van der Waals surface area (Å²) in [6.45, 7) is 6.34. The maximum atomic E-state index is 13.7. The van der Waals surface area contributed by atoms with Gasteiger partial charge in [-0.25, -0.2) is 8.42 Å². The van der Waals surface area contributed by atoms with Crippen LogP contribution < -0.4 is 4.74 Å². The first-order valence-electron chi connectivity index (χ1n) is 11.1. The van der Waals surface area contributed by atoms with E-state index in [1.54, 1.807) is 36.4 Å². The van der Waals surface area contributed by atoms with Crippen LogP contribution in [0.3, 0.4) is 0 Å². The molecule has 3 aromatic carbocycles. The normalized spacial score (nSPS) is 16.3. The van der Waals surface area contributed by atoms with Crippen molar-refractivity contribution in [2.24, 2.45) is 0 Å². The van der Waals surface area contributed by atoms with Gasteiger partial charge in [-0.15, -0.1) is 0 Å². The molecule has 34 heavy (non-hydrogen) atoms. The zero-order valence-corrected chi connectivity index (χ0v) is 20.2. The number of hydrogen-bond donors (Lipinski definition) is 1. The molecule has 0 unspecified atom stereocenters. The summed E-state index contributed by atoms with van der Waals surface area (Å²) in [6, 6.07) is 20.0. The number of aliphatic hydroxyl groups is 1. The molecule has 1 N–H and O–H groups in total. The molecule has 0 spiro atoms. The quantitative estimate of drug-likeness (QED) is 0.516. The largest absolute Gasteiger partial charge is 0.502 e. The smallest absolute Gasteiger partial charge is 0.290 e. The van der Waals surface area contributed by atoms with Crippen LogP contribution in [-0.4, -0.2) is 30.9 Å². The Morgan fingerprint density at radius 1 is 0.882 bits per heavy atom. The molecule has 0 saturated heterocycles. The molecule has 0 radical (unpaired) electrons. The Kier molecular flexibility index (Phi) is 6.48. The molecule has 0 aromatic heterocycles. The molecule has 7 heteroatoms. The minimum Gasteiger partial charge on any atom is -0.502 e. The predicted octanol–water partition coefficient (Wildman–Crippen LogP) is 5.03. The standard InChI is InChI=1S/C27H27NO5S/c1-4-33-22-13-11-21(12-14-22)24-26(34(31,32)23-15-7-19(3)8-16-23)25(29)27(30)28(24)17-20-9-5-18(2)6-10-20/h5-16,24,29H,4,17H2,1-3H3/t24-/m0/s1. The molecule has 3 aromatic rings. The van der Waals surface area contributed by atoms with Crippen LogP contribution in [0.15, 0.2) is 88.4 Å².